The van der Waals surface area contributed by atoms with Gasteiger partial charge >= 0.3 is 6.03 Å². The SMILES string of the molecule is O=C1NC(=O)C2(CCC2)C(=O)N1c1ccc2sccc2c1. The number of imide groups is 2. The lowest BCUT2D eigenvalue weighted by Crippen LogP contribution is -2.66. The molecule has 106 valence electrons. The molecule has 1 aliphatic carbocycles. The van der Waals surface area contributed by atoms with E-state index in [1.807, 2.05) is 23.6 Å². The van der Waals surface area contributed by atoms with Gasteiger partial charge in [-0.15, -0.1) is 11.3 Å². The first kappa shape index (κ1) is 12.5. The second-order valence-electron chi connectivity index (χ2n) is 5.48. The summed E-state index contributed by atoms with van der Waals surface area (Å²) in [6.07, 6.45) is 1.87. The second kappa shape index (κ2) is 4.14. The quantitative estimate of drug-likeness (QED) is 0.823. The van der Waals surface area contributed by atoms with Gasteiger partial charge in [0.1, 0.15) is 5.41 Å². The summed E-state index contributed by atoms with van der Waals surface area (Å²) in [6.45, 7) is 0. The highest BCUT2D eigenvalue weighted by Crippen LogP contribution is 2.45. The monoisotopic (exact) mass is 300 g/mol. The number of fused-ring (bicyclic) bond motifs is 1. The number of carbonyl (C=O) groups is 3. The van der Waals surface area contributed by atoms with Gasteiger partial charge in [0.2, 0.25) is 5.91 Å². The van der Waals surface area contributed by atoms with Crippen LogP contribution in [0.2, 0.25) is 0 Å². The van der Waals surface area contributed by atoms with Crippen molar-refractivity contribution in [2.75, 3.05) is 4.90 Å². The van der Waals surface area contributed by atoms with Crippen molar-refractivity contribution in [3.05, 3.63) is 29.6 Å². The Morgan fingerprint density at radius 2 is 1.95 bits per heavy atom. The summed E-state index contributed by atoms with van der Waals surface area (Å²) in [5.41, 5.74) is -0.514. The van der Waals surface area contributed by atoms with Crippen LogP contribution in [0.25, 0.3) is 10.1 Å². The molecule has 1 N–H and O–H groups in total. The first-order valence-corrected chi connectivity index (χ1v) is 7.67. The fourth-order valence-electron chi connectivity index (χ4n) is 2.97. The third-order valence-corrected chi connectivity index (χ3v) is 5.27. The molecule has 0 atom stereocenters. The molecule has 0 bridgehead atoms. The Hall–Kier alpha value is -2.21. The molecule has 1 aromatic carbocycles. The molecule has 4 rings (SSSR count). The number of barbiturate groups is 1. The molecule has 21 heavy (non-hydrogen) atoms. The van der Waals surface area contributed by atoms with Gasteiger partial charge in [-0.3, -0.25) is 14.9 Å². The van der Waals surface area contributed by atoms with Gasteiger partial charge < -0.3 is 0 Å². The van der Waals surface area contributed by atoms with Crippen molar-refractivity contribution in [2.24, 2.45) is 5.41 Å². The van der Waals surface area contributed by atoms with E-state index in [1.165, 1.54) is 0 Å². The van der Waals surface area contributed by atoms with Crippen molar-refractivity contribution < 1.29 is 14.4 Å². The zero-order valence-corrected chi connectivity index (χ0v) is 11.9. The first-order valence-electron chi connectivity index (χ1n) is 6.79. The molecule has 0 radical (unpaired) electrons. The number of urea groups is 1. The van der Waals surface area contributed by atoms with Crippen molar-refractivity contribution in [2.45, 2.75) is 19.3 Å². The maximum atomic E-state index is 12.7. The van der Waals surface area contributed by atoms with Crippen LogP contribution in [0.1, 0.15) is 19.3 Å². The highest BCUT2D eigenvalue weighted by atomic mass is 32.1. The van der Waals surface area contributed by atoms with E-state index in [9.17, 15) is 14.4 Å². The molecule has 1 spiro atoms. The van der Waals surface area contributed by atoms with E-state index >= 15 is 0 Å². The zero-order chi connectivity index (χ0) is 14.6. The molecule has 0 unspecified atom stereocenters. The molecule has 2 aliphatic rings. The number of nitrogens with zero attached hydrogens (tertiary/aromatic N) is 1. The van der Waals surface area contributed by atoms with Gasteiger partial charge in [0, 0.05) is 4.70 Å². The van der Waals surface area contributed by atoms with Gasteiger partial charge in [-0.2, -0.15) is 0 Å². The first-order chi connectivity index (χ1) is 10.1. The molecule has 4 amide bonds. The summed E-state index contributed by atoms with van der Waals surface area (Å²) in [5, 5.41) is 5.27. The molecular formula is C15H12N2O3S. The third kappa shape index (κ3) is 1.59. The predicted molar refractivity (Wildman–Crippen MR) is 79.1 cm³/mol. The Kier molecular flexibility index (Phi) is 2.47. The lowest BCUT2D eigenvalue weighted by Gasteiger charge is -2.44. The molecule has 6 heteroatoms. The van der Waals surface area contributed by atoms with E-state index < -0.39 is 23.3 Å². The van der Waals surface area contributed by atoms with Crippen LogP contribution in [0, 0.1) is 5.41 Å². The van der Waals surface area contributed by atoms with E-state index in [2.05, 4.69) is 5.32 Å². The summed E-state index contributed by atoms with van der Waals surface area (Å²) in [6, 6.07) is 6.74. The Morgan fingerprint density at radius 3 is 2.67 bits per heavy atom. The van der Waals surface area contributed by atoms with Crippen LogP contribution in [0.4, 0.5) is 10.5 Å². The van der Waals surface area contributed by atoms with Gasteiger partial charge in [0.05, 0.1) is 5.69 Å². The molecule has 2 fully saturated rings. The van der Waals surface area contributed by atoms with E-state index in [4.69, 9.17) is 0 Å². The van der Waals surface area contributed by atoms with E-state index in [1.54, 1.807) is 17.4 Å². The molecular weight excluding hydrogens is 288 g/mol. The average molecular weight is 300 g/mol. The van der Waals surface area contributed by atoms with Crippen LogP contribution in [0.15, 0.2) is 29.6 Å². The number of amides is 4. The number of hydrogen-bond donors (Lipinski definition) is 1. The Balaban J connectivity index is 1.80. The van der Waals surface area contributed by atoms with Crippen molar-refractivity contribution in [3.8, 4) is 0 Å². The summed E-state index contributed by atoms with van der Waals surface area (Å²) in [7, 11) is 0. The molecule has 1 aromatic heterocycles. The van der Waals surface area contributed by atoms with Gasteiger partial charge in [0.25, 0.3) is 5.91 Å². The number of rotatable bonds is 1. The molecule has 5 nitrogen and oxygen atoms in total. The number of carbonyl (C=O) groups excluding carboxylic acids is 3. The fourth-order valence-corrected chi connectivity index (χ4v) is 3.75. The van der Waals surface area contributed by atoms with Crippen LogP contribution in [0.5, 0.6) is 0 Å². The third-order valence-electron chi connectivity index (χ3n) is 4.37. The molecule has 1 saturated carbocycles. The van der Waals surface area contributed by atoms with Crippen LogP contribution >= 0.6 is 11.3 Å². The molecule has 2 aromatic rings. The summed E-state index contributed by atoms with van der Waals surface area (Å²) in [5.74, 6) is -0.839. The largest absolute Gasteiger partial charge is 0.335 e. The Morgan fingerprint density at radius 1 is 1.14 bits per heavy atom. The Labute approximate surface area is 124 Å². The van der Waals surface area contributed by atoms with E-state index in [-0.39, 0.29) is 0 Å². The zero-order valence-electron chi connectivity index (χ0n) is 11.1. The van der Waals surface area contributed by atoms with Gasteiger partial charge in [-0.1, -0.05) is 6.42 Å². The standard InChI is InChI=1S/C15H12N2O3S/c18-12-15(5-1-6-15)13(19)17(14(20)16-12)10-2-3-11-9(8-10)4-7-21-11/h2-4,7-8H,1,5-6H2,(H,16,18,20). The normalized spacial score (nSPS) is 20.8. The Bertz CT molecular complexity index is 791. The highest BCUT2D eigenvalue weighted by molar-refractivity contribution is 7.17. The van der Waals surface area contributed by atoms with E-state index in [0.29, 0.717) is 18.5 Å². The van der Waals surface area contributed by atoms with Crippen LogP contribution in [-0.2, 0) is 9.59 Å². The summed E-state index contributed by atoms with van der Waals surface area (Å²) < 4.78 is 1.10. The van der Waals surface area contributed by atoms with E-state index in [0.717, 1.165) is 21.4 Å². The smallest absolute Gasteiger partial charge is 0.276 e. The molecule has 2 heterocycles. The van der Waals surface area contributed by atoms with Crippen molar-refractivity contribution in [3.63, 3.8) is 0 Å². The number of thiophene rings is 1. The van der Waals surface area contributed by atoms with Crippen molar-refractivity contribution >= 4 is 45.0 Å². The maximum Gasteiger partial charge on any atom is 0.335 e. The minimum Gasteiger partial charge on any atom is -0.276 e. The van der Waals surface area contributed by atoms with Crippen LogP contribution in [-0.4, -0.2) is 17.8 Å². The van der Waals surface area contributed by atoms with Gasteiger partial charge in [0.15, 0.2) is 0 Å². The molecule has 1 aliphatic heterocycles. The number of anilines is 1. The lowest BCUT2D eigenvalue weighted by atomic mass is 9.66. The van der Waals surface area contributed by atoms with Crippen LogP contribution < -0.4 is 10.2 Å². The number of hydrogen-bond acceptors (Lipinski definition) is 4. The van der Waals surface area contributed by atoms with Crippen molar-refractivity contribution in [1.82, 2.24) is 5.32 Å². The second-order valence-corrected chi connectivity index (χ2v) is 6.43. The lowest BCUT2D eigenvalue weighted by molar-refractivity contribution is -0.148. The molecule has 1 saturated heterocycles. The van der Waals surface area contributed by atoms with Crippen molar-refractivity contribution in [1.29, 1.82) is 0 Å². The number of nitrogens with one attached hydrogen (secondary N) is 1. The minimum atomic E-state index is -1.03. The summed E-state index contributed by atoms with van der Waals surface area (Å²) >= 11 is 1.60. The minimum absolute atomic E-state index is 0.392. The highest BCUT2D eigenvalue weighted by Gasteiger charge is 2.57. The fraction of sp³-hybridized carbons (Fsp3) is 0.267. The van der Waals surface area contributed by atoms with Gasteiger partial charge in [-0.05, 0) is 47.9 Å². The average Bonchev–Trinajstić information content (AvgIpc) is 2.84. The van der Waals surface area contributed by atoms with Gasteiger partial charge in [-0.25, -0.2) is 9.69 Å². The topological polar surface area (TPSA) is 66.5 Å². The number of benzene rings is 1. The van der Waals surface area contributed by atoms with Crippen LogP contribution in [0.3, 0.4) is 0 Å². The summed E-state index contributed by atoms with van der Waals surface area (Å²) in [4.78, 5) is 37.9. The predicted octanol–water partition coefficient (Wildman–Crippen LogP) is 2.65. The maximum absolute atomic E-state index is 12.7.